The summed E-state index contributed by atoms with van der Waals surface area (Å²) in [5, 5.41) is 6.25. The Balaban J connectivity index is 0.00000208. The van der Waals surface area contributed by atoms with Crippen molar-refractivity contribution >= 4 is 24.2 Å². The third-order valence-electron chi connectivity index (χ3n) is 4.83. The van der Waals surface area contributed by atoms with Gasteiger partial charge >= 0.3 is 0 Å². The molecule has 2 fully saturated rings. The molecule has 0 radical (unpaired) electrons. The summed E-state index contributed by atoms with van der Waals surface area (Å²) < 4.78 is 5.23. The summed E-state index contributed by atoms with van der Waals surface area (Å²) in [6.07, 6.45) is 4.95. The molecule has 7 heteroatoms. The van der Waals surface area contributed by atoms with Crippen molar-refractivity contribution in [2.75, 3.05) is 13.1 Å². The first-order valence-corrected chi connectivity index (χ1v) is 8.49. The van der Waals surface area contributed by atoms with Crippen LogP contribution in [-0.2, 0) is 16.1 Å². The third kappa shape index (κ3) is 4.30. The lowest BCUT2D eigenvalue weighted by Crippen LogP contribution is -2.50. The largest absolute Gasteiger partial charge is 0.467 e. The molecule has 6 nitrogen and oxygen atoms in total. The minimum atomic E-state index is -0.331. The summed E-state index contributed by atoms with van der Waals surface area (Å²) in [5.74, 6) is 0.842. The van der Waals surface area contributed by atoms with Crippen molar-refractivity contribution < 1.29 is 14.0 Å². The highest BCUT2D eigenvalue weighted by atomic mass is 35.5. The van der Waals surface area contributed by atoms with E-state index in [1.54, 1.807) is 17.2 Å². The Morgan fingerprint density at radius 1 is 1.42 bits per heavy atom. The van der Waals surface area contributed by atoms with Gasteiger partial charge in [0, 0.05) is 18.5 Å². The van der Waals surface area contributed by atoms with Crippen LogP contribution in [0.5, 0.6) is 0 Å². The van der Waals surface area contributed by atoms with Gasteiger partial charge in [-0.25, -0.2) is 0 Å². The summed E-state index contributed by atoms with van der Waals surface area (Å²) in [5.41, 5.74) is 0. The average Bonchev–Trinajstić information content (AvgIpc) is 3.23. The van der Waals surface area contributed by atoms with Gasteiger partial charge < -0.3 is 20.0 Å². The monoisotopic (exact) mass is 355 g/mol. The molecule has 0 aliphatic carbocycles. The van der Waals surface area contributed by atoms with Gasteiger partial charge in [0.15, 0.2) is 0 Å². The van der Waals surface area contributed by atoms with E-state index in [9.17, 15) is 9.59 Å². The highest BCUT2D eigenvalue weighted by molar-refractivity contribution is 5.89. The lowest BCUT2D eigenvalue weighted by atomic mass is 9.91. The second-order valence-electron chi connectivity index (χ2n) is 6.56. The van der Waals surface area contributed by atoms with Crippen LogP contribution in [0.2, 0.25) is 0 Å². The van der Waals surface area contributed by atoms with Crippen LogP contribution in [0.25, 0.3) is 0 Å². The van der Waals surface area contributed by atoms with E-state index in [-0.39, 0.29) is 36.2 Å². The predicted octanol–water partition coefficient (Wildman–Crippen LogP) is 1.70. The van der Waals surface area contributed by atoms with Crippen LogP contribution in [0.1, 0.15) is 38.4 Å². The normalized spacial score (nSPS) is 26.7. The van der Waals surface area contributed by atoms with Gasteiger partial charge in [0.05, 0.1) is 12.8 Å². The number of hydrogen-bond donors (Lipinski definition) is 2. The Labute approximate surface area is 148 Å². The zero-order valence-electron chi connectivity index (χ0n) is 14.0. The Hall–Kier alpha value is -1.53. The fraction of sp³-hybridized carbons (Fsp3) is 0.647. The summed E-state index contributed by atoms with van der Waals surface area (Å²) >= 11 is 0. The van der Waals surface area contributed by atoms with E-state index in [1.165, 1.54) is 0 Å². The maximum Gasteiger partial charge on any atom is 0.243 e. The number of amides is 2. The molecule has 0 aromatic carbocycles. The van der Waals surface area contributed by atoms with E-state index < -0.39 is 0 Å². The summed E-state index contributed by atoms with van der Waals surface area (Å²) in [6, 6.07) is 3.66. The number of carbonyl (C=O) groups is 2. The molecule has 0 spiro atoms. The SMILES string of the molecule is C[C@H]1C[C@@H](C(=O)N2CCCC2C(=O)NCc2ccco2)CCN1.Cl. The first-order chi connectivity index (χ1) is 11.1. The van der Waals surface area contributed by atoms with Crippen LogP contribution in [0.3, 0.4) is 0 Å². The average molecular weight is 356 g/mol. The minimum absolute atomic E-state index is 0. The predicted molar refractivity (Wildman–Crippen MR) is 92.7 cm³/mol. The number of hydrogen-bond acceptors (Lipinski definition) is 4. The Morgan fingerprint density at radius 3 is 2.96 bits per heavy atom. The molecule has 2 amide bonds. The Morgan fingerprint density at radius 2 is 2.25 bits per heavy atom. The molecule has 2 N–H and O–H groups in total. The van der Waals surface area contributed by atoms with Crippen molar-refractivity contribution in [3.05, 3.63) is 24.2 Å². The van der Waals surface area contributed by atoms with Gasteiger partial charge in [0.2, 0.25) is 11.8 Å². The summed E-state index contributed by atoms with van der Waals surface area (Å²) in [7, 11) is 0. The van der Waals surface area contributed by atoms with Crippen LogP contribution in [0.4, 0.5) is 0 Å². The molecule has 3 atom stereocenters. The molecule has 1 aromatic rings. The minimum Gasteiger partial charge on any atom is -0.467 e. The first-order valence-electron chi connectivity index (χ1n) is 8.49. The molecule has 3 heterocycles. The van der Waals surface area contributed by atoms with Crippen molar-refractivity contribution in [2.24, 2.45) is 5.92 Å². The standard InChI is InChI=1S/C17H25N3O3.ClH/c1-12-10-13(6-7-18-12)17(22)20-8-2-5-15(20)16(21)19-11-14-4-3-9-23-14;/h3-4,9,12-13,15,18H,2,5-8,10-11H2,1H3,(H,19,21);1H/t12-,13-,15?;/m0./s1. The van der Waals surface area contributed by atoms with Gasteiger partial charge in [-0.2, -0.15) is 0 Å². The number of nitrogens with zero attached hydrogens (tertiary/aromatic N) is 1. The van der Waals surface area contributed by atoms with E-state index in [0.717, 1.165) is 38.0 Å². The van der Waals surface area contributed by atoms with Crippen LogP contribution in [0, 0.1) is 5.92 Å². The maximum absolute atomic E-state index is 12.8. The molecule has 1 aromatic heterocycles. The zero-order chi connectivity index (χ0) is 16.2. The number of piperidine rings is 1. The van der Waals surface area contributed by atoms with Crippen LogP contribution >= 0.6 is 12.4 Å². The lowest BCUT2D eigenvalue weighted by Gasteiger charge is -2.32. The summed E-state index contributed by atoms with van der Waals surface area (Å²) in [6.45, 7) is 4.04. The zero-order valence-corrected chi connectivity index (χ0v) is 14.8. The van der Waals surface area contributed by atoms with Crippen LogP contribution in [-0.4, -0.2) is 41.9 Å². The van der Waals surface area contributed by atoms with Gasteiger partial charge in [-0.3, -0.25) is 9.59 Å². The number of rotatable bonds is 4. The smallest absolute Gasteiger partial charge is 0.243 e. The molecule has 2 saturated heterocycles. The van der Waals surface area contributed by atoms with E-state index >= 15 is 0 Å². The van der Waals surface area contributed by atoms with E-state index in [1.807, 2.05) is 6.07 Å². The highest BCUT2D eigenvalue weighted by Gasteiger charge is 2.37. The van der Waals surface area contributed by atoms with E-state index in [0.29, 0.717) is 19.1 Å². The molecular formula is C17H26ClN3O3. The first kappa shape index (κ1) is 18.8. The number of furan rings is 1. The molecule has 2 aliphatic heterocycles. The maximum atomic E-state index is 12.8. The topological polar surface area (TPSA) is 74.6 Å². The Bertz CT molecular complexity index is 549. The lowest BCUT2D eigenvalue weighted by molar-refractivity contribution is -0.142. The van der Waals surface area contributed by atoms with Crippen LogP contribution < -0.4 is 10.6 Å². The van der Waals surface area contributed by atoms with Gasteiger partial charge in [-0.05, 0) is 51.3 Å². The highest BCUT2D eigenvalue weighted by Crippen LogP contribution is 2.25. The number of carbonyl (C=O) groups excluding carboxylic acids is 2. The van der Waals surface area contributed by atoms with E-state index in [4.69, 9.17) is 4.42 Å². The second kappa shape index (κ2) is 8.53. The molecule has 24 heavy (non-hydrogen) atoms. The molecule has 134 valence electrons. The fourth-order valence-corrected chi connectivity index (χ4v) is 3.60. The van der Waals surface area contributed by atoms with Crippen molar-refractivity contribution in [1.29, 1.82) is 0 Å². The molecule has 2 aliphatic rings. The Kier molecular flexibility index (Phi) is 6.69. The number of likely N-dealkylation sites (tertiary alicyclic amines) is 1. The number of halogens is 1. The van der Waals surface area contributed by atoms with Crippen molar-refractivity contribution in [2.45, 2.75) is 51.2 Å². The number of nitrogens with one attached hydrogen (secondary N) is 2. The summed E-state index contributed by atoms with van der Waals surface area (Å²) in [4.78, 5) is 27.0. The van der Waals surface area contributed by atoms with Crippen molar-refractivity contribution in [3.8, 4) is 0 Å². The van der Waals surface area contributed by atoms with E-state index in [2.05, 4.69) is 17.6 Å². The fourth-order valence-electron chi connectivity index (χ4n) is 3.60. The van der Waals surface area contributed by atoms with Gasteiger partial charge in [0.1, 0.15) is 11.8 Å². The van der Waals surface area contributed by atoms with Crippen molar-refractivity contribution in [3.63, 3.8) is 0 Å². The second-order valence-corrected chi connectivity index (χ2v) is 6.56. The van der Waals surface area contributed by atoms with Gasteiger partial charge in [-0.15, -0.1) is 12.4 Å². The van der Waals surface area contributed by atoms with Gasteiger partial charge in [0.25, 0.3) is 0 Å². The molecule has 1 unspecified atom stereocenters. The molecule has 0 saturated carbocycles. The molecular weight excluding hydrogens is 330 g/mol. The quantitative estimate of drug-likeness (QED) is 0.862. The molecule has 3 rings (SSSR count). The molecule has 0 bridgehead atoms. The van der Waals surface area contributed by atoms with Crippen molar-refractivity contribution in [1.82, 2.24) is 15.5 Å². The van der Waals surface area contributed by atoms with Gasteiger partial charge in [-0.1, -0.05) is 0 Å². The van der Waals surface area contributed by atoms with Crippen LogP contribution in [0.15, 0.2) is 22.8 Å². The third-order valence-corrected chi connectivity index (χ3v) is 4.83.